The molecule has 2 nitrogen and oxygen atoms in total. The Morgan fingerprint density at radius 3 is 2.48 bits per heavy atom. The second kappa shape index (κ2) is 10.7. The molecule has 0 radical (unpaired) electrons. The molecule has 1 heterocycles. The maximum Gasteiger partial charge on any atom is 0.123 e. The Kier molecular flexibility index (Phi) is 8.54. The van der Waals surface area contributed by atoms with E-state index in [-0.39, 0.29) is 0 Å². The zero-order valence-corrected chi connectivity index (χ0v) is 16.4. The van der Waals surface area contributed by atoms with Crippen molar-refractivity contribution in [1.29, 1.82) is 0 Å². The van der Waals surface area contributed by atoms with Gasteiger partial charge in [-0.05, 0) is 62.2 Å². The first-order valence-electron chi connectivity index (χ1n) is 10.3. The lowest BCUT2D eigenvalue weighted by Crippen LogP contribution is -2.29. The predicted octanol–water partition coefficient (Wildman–Crippen LogP) is 5.87. The SMILES string of the molecule is C=CCc1cc(CCCCCC(C)C)cc(CN2CCCCC2)c1O. The third-order valence-corrected chi connectivity index (χ3v) is 5.28. The zero-order valence-electron chi connectivity index (χ0n) is 16.4. The van der Waals surface area contributed by atoms with Crippen LogP contribution in [0.25, 0.3) is 0 Å². The lowest BCUT2D eigenvalue weighted by Gasteiger charge is -2.27. The highest BCUT2D eigenvalue weighted by molar-refractivity contribution is 5.44. The van der Waals surface area contributed by atoms with E-state index in [9.17, 15) is 5.11 Å². The predicted molar refractivity (Wildman–Crippen MR) is 108 cm³/mol. The summed E-state index contributed by atoms with van der Waals surface area (Å²) in [5, 5.41) is 10.7. The highest BCUT2D eigenvalue weighted by Crippen LogP contribution is 2.28. The van der Waals surface area contributed by atoms with Gasteiger partial charge in [-0.1, -0.05) is 57.7 Å². The first-order chi connectivity index (χ1) is 12.1. The maximum atomic E-state index is 10.7. The first kappa shape index (κ1) is 20.0. The van der Waals surface area contributed by atoms with Crippen molar-refractivity contribution in [3.05, 3.63) is 41.5 Å². The molecule has 2 rings (SSSR count). The smallest absolute Gasteiger partial charge is 0.123 e. The summed E-state index contributed by atoms with van der Waals surface area (Å²) in [6.07, 6.45) is 12.9. The summed E-state index contributed by atoms with van der Waals surface area (Å²) >= 11 is 0. The van der Waals surface area contributed by atoms with Crippen LogP contribution < -0.4 is 0 Å². The maximum absolute atomic E-state index is 10.7. The van der Waals surface area contributed by atoms with E-state index in [4.69, 9.17) is 0 Å². The van der Waals surface area contributed by atoms with Gasteiger partial charge >= 0.3 is 0 Å². The fourth-order valence-corrected chi connectivity index (χ4v) is 3.83. The summed E-state index contributed by atoms with van der Waals surface area (Å²) in [5.41, 5.74) is 3.53. The molecule has 0 atom stereocenters. The molecule has 25 heavy (non-hydrogen) atoms. The number of aryl methyl sites for hydroxylation is 1. The highest BCUT2D eigenvalue weighted by atomic mass is 16.3. The number of piperidine rings is 1. The zero-order chi connectivity index (χ0) is 18.1. The van der Waals surface area contributed by atoms with E-state index >= 15 is 0 Å². The number of unbranched alkanes of at least 4 members (excludes halogenated alkanes) is 2. The molecule has 140 valence electrons. The van der Waals surface area contributed by atoms with Crippen LogP contribution in [0.15, 0.2) is 24.8 Å². The number of hydrogen-bond acceptors (Lipinski definition) is 2. The average molecular weight is 344 g/mol. The number of aromatic hydroxyl groups is 1. The molecule has 1 aliphatic rings. The van der Waals surface area contributed by atoms with Gasteiger partial charge in [0.15, 0.2) is 0 Å². The average Bonchev–Trinajstić information content (AvgIpc) is 2.59. The molecule has 0 amide bonds. The Morgan fingerprint density at radius 1 is 1.08 bits per heavy atom. The minimum atomic E-state index is 0.494. The van der Waals surface area contributed by atoms with Gasteiger partial charge in [0.1, 0.15) is 5.75 Å². The van der Waals surface area contributed by atoms with Crippen molar-refractivity contribution >= 4 is 0 Å². The summed E-state index contributed by atoms with van der Waals surface area (Å²) in [7, 11) is 0. The van der Waals surface area contributed by atoms with Crippen LogP contribution in [0.4, 0.5) is 0 Å². The quantitative estimate of drug-likeness (QED) is 0.424. The standard InChI is InChI=1S/C23H37NO/c1-4-11-21-16-20(13-8-5-7-12-19(2)3)17-22(23(21)25)18-24-14-9-6-10-15-24/h4,16-17,19,25H,1,5-15,18H2,2-3H3. The normalized spacial score (nSPS) is 15.6. The van der Waals surface area contributed by atoms with Crippen LogP contribution in [0, 0.1) is 5.92 Å². The van der Waals surface area contributed by atoms with Crippen molar-refractivity contribution in [2.24, 2.45) is 5.92 Å². The van der Waals surface area contributed by atoms with E-state index in [1.54, 1.807) is 0 Å². The molecule has 0 saturated carbocycles. The van der Waals surface area contributed by atoms with E-state index in [1.807, 2.05) is 6.08 Å². The number of nitrogens with zero attached hydrogens (tertiary/aromatic N) is 1. The summed E-state index contributed by atoms with van der Waals surface area (Å²) < 4.78 is 0. The third-order valence-electron chi connectivity index (χ3n) is 5.28. The van der Waals surface area contributed by atoms with Gasteiger partial charge in [-0.25, -0.2) is 0 Å². The summed E-state index contributed by atoms with van der Waals surface area (Å²) in [6.45, 7) is 11.7. The number of allylic oxidation sites excluding steroid dienone is 1. The minimum absolute atomic E-state index is 0.494. The molecule has 1 aliphatic heterocycles. The van der Waals surface area contributed by atoms with Gasteiger partial charge in [-0.15, -0.1) is 6.58 Å². The number of hydrogen-bond donors (Lipinski definition) is 1. The molecule has 1 fully saturated rings. The van der Waals surface area contributed by atoms with Crippen molar-refractivity contribution in [3.8, 4) is 5.75 Å². The van der Waals surface area contributed by atoms with Crippen LogP contribution in [0.3, 0.4) is 0 Å². The Hall–Kier alpha value is -1.28. The van der Waals surface area contributed by atoms with Gasteiger partial charge in [0.05, 0.1) is 0 Å². The second-order valence-corrected chi connectivity index (χ2v) is 8.09. The van der Waals surface area contributed by atoms with Crippen LogP contribution in [0.1, 0.15) is 75.5 Å². The van der Waals surface area contributed by atoms with E-state index in [0.29, 0.717) is 5.75 Å². The van der Waals surface area contributed by atoms with E-state index in [1.165, 1.54) is 50.5 Å². The molecule has 0 aromatic heterocycles. The Balaban J connectivity index is 2.01. The Morgan fingerprint density at radius 2 is 1.80 bits per heavy atom. The fourth-order valence-electron chi connectivity index (χ4n) is 3.83. The first-order valence-corrected chi connectivity index (χ1v) is 10.3. The lowest BCUT2D eigenvalue weighted by molar-refractivity contribution is 0.218. The van der Waals surface area contributed by atoms with E-state index in [0.717, 1.165) is 49.5 Å². The van der Waals surface area contributed by atoms with Gasteiger partial charge in [0, 0.05) is 12.1 Å². The molecule has 2 heteroatoms. The molecule has 0 bridgehead atoms. The second-order valence-electron chi connectivity index (χ2n) is 8.09. The number of phenols is 1. The van der Waals surface area contributed by atoms with Crippen molar-refractivity contribution in [2.75, 3.05) is 13.1 Å². The molecular formula is C23H37NO. The van der Waals surface area contributed by atoms with Gasteiger partial charge in [0.25, 0.3) is 0 Å². The van der Waals surface area contributed by atoms with Gasteiger partial charge in [-0.3, -0.25) is 4.90 Å². The highest BCUT2D eigenvalue weighted by Gasteiger charge is 2.15. The number of benzene rings is 1. The van der Waals surface area contributed by atoms with Crippen LogP contribution >= 0.6 is 0 Å². The Labute approximate surface area is 154 Å². The molecule has 1 aromatic rings. The molecule has 0 aliphatic carbocycles. The fraction of sp³-hybridized carbons (Fsp3) is 0.652. The van der Waals surface area contributed by atoms with Crippen molar-refractivity contribution in [3.63, 3.8) is 0 Å². The van der Waals surface area contributed by atoms with Crippen molar-refractivity contribution < 1.29 is 5.11 Å². The van der Waals surface area contributed by atoms with Crippen LogP contribution in [-0.2, 0) is 19.4 Å². The molecule has 1 N–H and O–H groups in total. The summed E-state index contributed by atoms with van der Waals surface area (Å²) in [6, 6.07) is 4.44. The minimum Gasteiger partial charge on any atom is -0.507 e. The van der Waals surface area contributed by atoms with Crippen LogP contribution in [0.5, 0.6) is 5.75 Å². The number of rotatable bonds is 10. The Bertz CT molecular complexity index is 529. The van der Waals surface area contributed by atoms with Crippen LogP contribution in [0.2, 0.25) is 0 Å². The lowest BCUT2D eigenvalue weighted by atomic mass is 9.96. The summed E-state index contributed by atoms with van der Waals surface area (Å²) in [4.78, 5) is 2.49. The van der Waals surface area contributed by atoms with E-state index in [2.05, 4.69) is 37.5 Å². The molecule has 1 saturated heterocycles. The molecule has 0 unspecified atom stereocenters. The number of phenolic OH excluding ortho intramolecular Hbond substituents is 1. The van der Waals surface area contributed by atoms with Crippen molar-refractivity contribution in [2.45, 2.75) is 78.2 Å². The van der Waals surface area contributed by atoms with E-state index < -0.39 is 0 Å². The van der Waals surface area contributed by atoms with Gasteiger partial charge in [0.2, 0.25) is 0 Å². The largest absolute Gasteiger partial charge is 0.507 e. The topological polar surface area (TPSA) is 23.5 Å². The molecule has 1 aromatic carbocycles. The number of likely N-dealkylation sites (tertiary alicyclic amines) is 1. The monoisotopic (exact) mass is 343 g/mol. The van der Waals surface area contributed by atoms with Gasteiger partial charge in [-0.2, -0.15) is 0 Å². The third kappa shape index (κ3) is 6.86. The van der Waals surface area contributed by atoms with Crippen LogP contribution in [-0.4, -0.2) is 23.1 Å². The van der Waals surface area contributed by atoms with Crippen molar-refractivity contribution in [1.82, 2.24) is 4.90 Å². The van der Waals surface area contributed by atoms with Gasteiger partial charge < -0.3 is 5.11 Å². The summed E-state index contributed by atoms with van der Waals surface area (Å²) in [5.74, 6) is 1.30. The molecule has 0 spiro atoms. The molecular weight excluding hydrogens is 306 g/mol.